The fraction of sp³-hybridized carbons (Fsp3) is 0.259. The van der Waals surface area contributed by atoms with Gasteiger partial charge >= 0.3 is 0 Å². The van der Waals surface area contributed by atoms with Gasteiger partial charge in [-0.3, -0.25) is 9.59 Å². The van der Waals surface area contributed by atoms with Crippen LogP contribution in [0.2, 0.25) is 0 Å². The molecule has 0 fully saturated rings. The second-order valence-electron chi connectivity index (χ2n) is 7.90. The van der Waals surface area contributed by atoms with Gasteiger partial charge in [0.25, 0.3) is 0 Å². The lowest BCUT2D eigenvalue weighted by Crippen LogP contribution is -2.36. The second-order valence-corrected chi connectivity index (χ2v) is 7.90. The molecule has 4 nitrogen and oxygen atoms in total. The van der Waals surface area contributed by atoms with E-state index in [0.717, 1.165) is 23.1 Å². The van der Waals surface area contributed by atoms with Crippen molar-refractivity contribution in [1.82, 2.24) is 10.2 Å². The van der Waals surface area contributed by atoms with Gasteiger partial charge in [0.15, 0.2) is 0 Å². The molecule has 0 saturated heterocycles. The Kier molecular flexibility index (Phi) is 7.99. The largest absolute Gasteiger partial charge is 0.349 e. The van der Waals surface area contributed by atoms with Crippen LogP contribution in [0.1, 0.15) is 41.6 Å². The Morgan fingerprint density at radius 2 is 1.42 bits per heavy atom. The third-order valence-electron chi connectivity index (χ3n) is 5.32. The van der Waals surface area contributed by atoms with Crippen LogP contribution in [0, 0.1) is 6.92 Å². The molecular weight excluding hydrogens is 384 g/mol. The highest BCUT2D eigenvalue weighted by molar-refractivity contribution is 5.79. The van der Waals surface area contributed by atoms with Crippen LogP contribution in [-0.2, 0) is 22.6 Å². The van der Waals surface area contributed by atoms with Crippen molar-refractivity contribution in [3.05, 3.63) is 107 Å². The molecule has 3 rings (SSSR count). The molecular formula is C27H30N2O2. The van der Waals surface area contributed by atoms with Gasteiger partial charge in [-0.05, 0) is 30.0 Å². The third kappa shape index (κ3) is 7.10. The van der Waals surface area contributed by atoms with E-state index in [0.29, 0.717) is 13.1 Å². The van der Waals surface area contributed by atoms with Crippen LogP contribution in [0.3, 0.4) is 0 Å². The fourth-order valence-electron chi connectivity index (χ4n) is 3.60. The lowest BCUT2D eigenvalue weighted by Gasteiger charge is -2.26. The van der Waals surface area contributed by atoms with Crippen LogP contribution >= 0.6 is 0 Å². The molecule has 160 valence electrons. The summed E-state index contributed by atoms with van der Waals surface area (Å²) in [6.45, 7) is 4.68. The summed E-state index contributed by atoms with van der Waals surface area (Å²) in [4.78, 5) is 27.1. The quantitative estimate of drug-likeness (QED) is 0.545. The highest BCUT2D eigenvalue weighted by Gasteiger charge is 2.21. The molecule has 0 aliphatic rings. The molecule has 0 heterocycles. The normalized spacial score (nSPS) is 11.5. The van der Waals surface area contributed by atoms with E-state index in [9.17, 15) is 9.59 Å². The number of benzene rings is 3. The number of rotatable bonds is 9. The van der Waals surface area contributed by atoms with Gasteiger partial charge in [-0.25, -0.2) is 0 Å². The van der Waals surface area contributed by atoms with Crippen molar-refractivity contribution in [2.24, 2.45) is 0 Å². The minimum absolute atomic E-state index is 0.0270. The first-order valence-electron chi connectivity index (χ1n) is 10.7. The Labute approximate surface area is 184 Å². The zero-order valence-electron chi connectivity index (χ0n) is 18.3. The molecule has 0 saturated carbocycles. The number of nitrogens with one attached hydrogen (secondary N) is 1. The van der Waals surface area contributed by atoms with E-state index in [1.807, 2.05) is 84.6 Å². The van der Waals surface area contributed by atoms with E-state index >= 15 is 0 Å². The zero-order chi connectivity index (χ0) is 22.1. The lowest BCUT2D eigenvalue weighted by atomic mass is 10.0. The minimum Gasteiger partial charge on any atom is -0.349 e. The molecule has 1 atom stereocenters. The maximum Gasteiger partial charge on any atom is 0.225 e. The van der Waals surface area contributed by atoms with Gasteiger partial charge in [0.2, 0.25) is 11.8 Å². The fourth-order valence-corrected chi connectivity index (χ4v) is 3.60. The smallest absolute Gasteiger partial charge is 0.225 e. The Balaban J connectivity index is 1.77. The van der Waals surface area contributed by atoms with Crippen molar-refractivity contribution in [3.8, 4) is 0 Å². The molecule has 0 radical (unpaired) electrons. The molecule has 0 aliphatic carbocycles. The number of hydrogen-bond acceptors (Lipinski definition) is 2. The summed E-state index contributed by atoms with van der Waals surface area (Å²) in [5.41, 5.74) is 4.38. The van der Waals surface area contributed by atoms with Gasteiger partial charge in [0, 0.05) is 20.0 Å². The lowest BCUT2D eigenvalue weighted by molar-refractivity contribution is -0.132. The number of carbonyl (C=O) groups excluding carboxylic acids is 2. The Bertz CT molecular complexity index is 969. The topological polar surface area (TPSA) is 49.4 Å². The van der Waals surface area contributed by atoms with Crippen LogP contribution in [0.15, 0.2) is 84.9 Å². The van der Waals surface area contributed by atoms with Crippen LogP contribution in [0.25, 0.3) is 0 Å². The molecule has 3 aromatic carbocycles. The van der Waals surface area contributed by atoms with Crippen LogP contribution in [0.5, 0.6) is 0 Å². The Morgan fingerprint density at radius 3 is 2.00 bits per heavy atom. The van der Waals surface area contributed by atoms with Crippen LogP contribution in [0.4, 0.5) is 0 Å². The van der Waals surface area contributed by atoms with E-state index in [2.05, 4.69) is 17.4 Å². The van der Waals surface area contributed by atoms with E-state index in [-0.39, 0.29) is 24.3 Å². The van der Waals surface area contributed by atoms with Gasteiger partial charge in [-0.1, -0.05) is 90.5 Å². The highest BCUT2D eigenvalue weighted by atomic mass is 16.2. The monoisotopic (exact) mass is 414 g/mol. The standard InChI is InChI=1S/C27H30N2O2/c1-21-13-15-25(16-14-21)26(28-22(2)30)19-27(31)29(20-24-11-7-4-8-12-24)18-17-23-9-5-3-6-10-23/h3-16,26H,17-20H2,1-2H3,(H,28,30). The summed E-state index contributed by atoms with van der Waals surface area (Å²) in [6.07, 6.45) is 1.01. The SMILES string of the molecule is CC(=O)NC(CC(=O)N(CCc1ccccc1)Cc1ccccc1)c1ccc(C)cc1. The number of nitrogens with zero attached hydrogens (tertiary/aromatic N) is 1. The third-order valence-corrected chi connectivity index (χ3v) is 5.32. The first kappa shape index (κ1) is 22.3. The number of carbonyl (C=O) groups is 2. The van der Waals surface area contributed by atoms with Gasteiger partial charge in [-0.2, -0.15) is 0 Å². The maximum absolute atomic E-state index is 13.4. The summed E-state index contributed by atoms with van der Waals surface area (Å²) in [7, 11) is 0. The summed E-state index contributed by atoms with van der Waals surface area (Å²) in [5.74, 6) is -0.114. The number of hydrogen-bond donors (Lipinski definition) is 1. The zero-order valence-corrected chi connectivity index (χ0v) is 18.3. The molecule has 3 aromatic rings. The molecule has 31 heavy (non-hydrogen) atoms. The second kappa shape index (κ2) is 11.1. The first-order chi connectivity index (χ1) is 15.0. The molecule has 0 spiro atoms. The Morgan fingerprint density at radius 1 is 0.839 bits per heavy atom. The average Bonchev–Trinajstić information content (AvgIpc) is 2.77. The highest BCUT2D eigenvalue weighted by Crippen LogP contribution is 2.20. The van der Waals surface area contributed by atoms with Crippen molar-refractivity contribution in [2.75, 3.05) is 6.54 Å². The summed E-state index contributed by atoms with van der Waals surface area (Å²) >= 11 is 0. The van der Waals surface area contributed by atoms with Crippen LogP contribution < -0.4 is 5.32 Å². The minimum atomic E-state index is -0.347. The molecule has 0 bridgehead atoms. The van der Waals surface area contributed by atoms with E-state index in [1.165, 1.54) is 12.5 Å². The van der Waals surface area contributed by atoms with Gasteiger partial charge < -0.3 is 10.2 Å². The van der Waals surface area contributed by atoms with Crippen molar-refractivity contribution >= 4 is 11.8 Å². The average molecular weight is 415 g/mol. The van der Waals surface area contributed by atoms with Crippen molar-refractivity contribution < 1.29 is 9.59 Å². The molecule has 1 N–H and O–H groups in total. The molecule has 1 unspecified atom stereocenters. The molecule has 4 heteroatoms. The predicted octanol–water partition coefficient (Wildman–Crippen LogP) is 4.83. The maximum atomic E-state index is 13.4. The molecule has 2 amide bonds. The van der Waals surface area contributed by atoms with E-state index in [4.69, 9.17) is 0 Å². The van der Waals surface area contributed by atoms with Gasteiger partial charge in [0.05, 0.1) is 12.5 Å². The van der Waals surface area contributed by atoms with Crippen molar-refractivity contribution in [1.29, 1.82) is 0 Å². The van der Waals surface area contributed by atoms with Crippen molar-refractivity contribution in [2.45, 2.75) is 39.3 Å². The molecule has 0 aliphatic heterocycles. The number of aryl methyl sites for hydroxylation is 1. The summed E-state index contributed by atoms with van der Waals surface area (Å²) < 4.78 is 0. The van der Waals surface area contributed by atoms with E-state index in [1.54, 1.807) is 0 Å². The number of amides is 2. The van der Waals surface area contributed by atoms with E-state index < -0.39 is 0 Å². The molecule has 0 aromatic heterocycles. The van der Waals surface area contributed by atoms with Gasteiger partial charge in [0.1, 0.15) is 0 Å². The summed E-state index contributed by atoms with van der Waals surface area (Å²) in [5, 5.41) is 2.95. The predicted molar refractivity (Wildman–Crippen MR) is 124 cm³/mol. The van der Waals surface area contributed by atoms with Crippen LogP contribution in [-0.4, -0.2) is 23.3 Å². The van der Waals surface area contributed by atoms with Crippen molar-refractivity contribution in [3.63, 3.8) is 0 Å². The first-order valence-corrected chi connectivity index (χ1v) is 10.7. The Hall–Kier alpha value is -3.40. The van der Waals surface area contributed by atoms with Gasteiger partial charge in [-0.15, -0.1) is 0 Å². The summed E-state index contributed by atoms with van der Waals surface area (Å²) in [6, 6.07) is 27.8.